The summed E-state index contributed by atoms with van der Waals surface area (Å²) < 4.78 is 44.4. The van der Waals surface area contributed by atoms with Gasteiger partial charge in [-0.3, -0.25) is 9.59 Å². The molecule has 3 aromatic carbocycles. The van der Waals surface area contributed by atoms with E-state index in [1.54, 1.807) is 30.3 Å². The minimum absolute atomic E-state index is 0.0893. The predicted molar refractivity (Wildman–Crippen MR) is 102 cm³/mol. The van der Waals surface area contributed by atoms with Gasteiger partial charge in [-0.2, -0.15) is 0 Å². The van der Waals surface area contributed by atoms with Crippen LogP contribution in [0.15, 0.2) is 66.7 Å². The first-order chi connectivity index (χ1) is 14.4. The van der Waals surface area contributed by atoms with Gasteiger partial charge in [0.1, 0.15) is 0 Å². The van der Waals surface area contributed by atoms with Crippen LogP contribution in [0.4, 0.5) is 18.9 Å². The monoisotopic (exact) mass is 413 g/mol. The lowest BCUT2D eigenvalue weighted by molar-refractivity contribution is -0.119. The summed E-state index contributed by atoms with van der Waals surface area (Å²) in [6, 6.07) is 15.7. The van der Waals surface area contributed by atoms with Crippen molar-refractivity contribution in [1.29, 1.82) is 0 Å². The molecule has 0 atom stereocenters. The second-order valence-corrected chi connectivity index (χ2v) is 6.12. The van der Waals surface area contributed by atoms with E-state index in [1.165, 1.54) is 24.3 Å². The standard InChI is InChI=1S/C22H14F3NO4/c23-16-10-11-17(20(25)19(16)24)26-18(27)12-30-22(29)15-8-6-14(7-9-15)21(28)13-4-2-1-3-5-13/h1-11H,12H2,(H,26,27). The van der Waals surface area contributed by atoms with Crippen LogP contribution >= 0.6 is 0 Å². The number of halogens is 3. The maximum atomic E-state index is 13.5. The number of hydrogen-bond acceptors (Lipinski definition) is 4. The van der Waals surface area contributed by atoms with Gasteiger partial charge >= 0.3 is 5.97 Å². The van der Waals surface area contributed by atoms with E-state index in [0.717, 1.165) is 6.07 Å². The third-order valence-electron chi connectivity index (χ3n) is 4.06. The highest BCUT2D eigenvalue weighted by atomic mass is 19.2. The van der Waals surface area contributed by atoms with E-state index < -0.39 is 41.6 Å². The third kappa shape index (κ3) is 4.72. The molecule has 0 aromatic heterocycles. The minimum Gasteiger partial charge on any atom is -0.452 e. The van der Waals surface area contributed by atoms with Crippen molar-refractivity contribution in [2.24, 2.45) is 0 Å². The molecule has 0 unspecified atom stereocenters. The highest BCUT2D eigenvalue weighted by molar-refractivity contribution is 6.09. The summed E-state index contributed by atoms with van der Waals surface area (Å²) in [6.45, 7) is -0.776. The minimum atomic E-state index is -1.73. The molecular formula is C22H14F3NO4. The highest BCUT2D eigenvalue weighted by Gasteiger charge is 2.17. The molecule has 3 rings (SSSR count). The van der Waals surface area contributed by atoms with Gasteiger partial charge in [-0.05, 0) is 24.3 Å². The van der Waals surface area contributed by atoms with E-state index in [4.69, 9.17) is 4.74 Å². The molecule has 1 N–H and O–H groups in total. The van der Waals surface area contributed by atoms with Crippen LogP contribution in [0.1, 0.15) is 26.3 Å². The summed E-state index contributed by atoms with van der Waals surface area (Å²) in [5.41, 5.74) is 0.364. The maximum absolute atomic E-state index is 13.5. The molecule has 3 aromatic rings. The normalized spacial score (nSPS) is 10.4. The molecule has 30 heavy (non-hydrogen) atoms. The summed E-state index contributed by atoms with van der Waals surface area (Å²) in [7, 11) is 0. The third-order valence-corrected chi connectivity index (χ3v) is 4.06. The maximum Gasteiger partial charge on any atom is 0.338 e. The number of esters is 1. The molecule has 5 nitrogen and oxygen atoms in total. The highest BCUT2D eigenvalue weighted by Crippen LogP contribution is 2.19. The fourth-order valence-electron chi connectivity index (χ4n) is 2.54. The van der Waals surface area contributed by atoms with Crippen LogP contribution in [0.25, 0.3) is 0 Å². The Bertz CT molecular complexity index is 1100. The van der Waals surface area contributed by atoms with Gasteiger partial charge in [-0.1, -0.05) is 42.5 Å². The summed E-state index contributed by atoms with van der Waals surface area (Å²) in [5.74, 6) is -6.70. The number of nitrogens with one attached hydrogen (secondary N) is 1. The predicted octanol–water partition coefficient (Wildman–Crippen LogP) is 4.13. The number of amides is 1. The van der Waals surface area contributed by atoms with E-state index in [-0.39, 0.29) is 11.3 Å². The SMILES string of the molecule is O=C(COC(=O)c1ccc(C(=O)c2ccccc2)cc1)Nc1ccc(F)c(F)c1F. The van der Waals surface area contributed by atoms with E-state index in [9.17, 15) is 27.6 Å². The van der Waals surface area contributed by atoms with Crippen molar-refractivity contribution in [2.75, 3.05) is 11.9 Å². The largest absolute Gasteiger partial charge is 0.452 e. The van der Waals surface area contributed by atoms with E-state index in [1.807, 2.05) is 5.32 Å². The first-order valence-corrected chi connectivity index (χ1v) is 8.67. The topological polar surface area (TPSA) is 72.5 Å². The van der Waals surface area contributed by atoms with Gasteiger partial charge in [-0.25, -0.2) is 18.0 Å². The van der Waals surface area contributed by atoms with Crippen LogP contribution < -0.4 is 5.32 Å². The average Bonchev–Trinajstić information content (AvgIpc) is 2.78. The van der Waals surface area contributed by atoms with Gasteiger partial charge in [0, 0.05) is 11.1 Å². The van der Waals surface area contributed by atoms with Crippen LogP contribution in [-0.2, 0) is 9.53 Å². The van der Waals surface area contributed by atoms with Gasteiger partial charge in [0.05, 0.1) is 11.3 Å². The van der Waals surface area contributed by atoms with Crippen LogP contribution in [0.3, 0.4) is 0 Å². The zero-order chi connectivity index (χ0) is 21.7. The molecule has 0 saturated heterocycles. The first kappa shape index (κ1) is 20.8. The van der Waals surface area contributed by atoms with Crippen molar-refractivity contribution in [1.82, 2.24) is 0 Å². The van der Waals surface area contributed by atoms with Gasteiger partial charge < -0.3 is 10.1 Å². The van der Waals surface area contributed by atoms with Crippen molar-refractivity contribution in [3.05, 3.63) is 101 Å². The Balaban J connectivity index is 1.58. The number of carbonyl (C=O) groups excluding carboxylic acids is 3. The fourth-order valence-corrected chi connectivity index (χ4v) is 2.54. The second kappa shape index (κ2) is 9.04. The molecule has 0 radical (unpaired) electrons. The van der Waals surface area contributed by atoms with Gasteiger partial charge in [-0.15, -0.1) is 0 Å². The molecule has 0 bridgehead atoms. The second-order valence-electron chi connectivity index (χ2n) is 6.12. The number of carbonyl (C=O) groups is 3. The van der Waals surface area contributed by atoms with Crippen molar-refractivity contribution < 1.29 is 32.3 Å². The van der Waals surface area contributed by atoms with E-state index >= 15 is 0 Å². The molecule has 152 valence electrons. The lowest BCUT2D eigenvalue weighted by atomic mass is 10.0. The van der Waals surface area contributed by atoms with Crippen LogP contribution in [0.2, 0.25) is 0 Å². The number of ketones is 1. The Morgan fingerprint density at radius 3 is 2.00 bits per heavy atom. The fraction of sp³-hybridized carbons (Fsp3) is 0.0455. The Morgan fingerprint density at radius 1 is 0.733 bits per heavy atom. The smallest absolute Gasteiger partial charge is 0.338 e. The molecule has 0 aliphatic heterocycles. The molecule has 0 spiro atoms. The molecular weight excluding hydrogens is 399 g/mol. The molecule has 0 fully saturated rings. The van der Waals surface area contributed by atoms with E-state index in [2.05, 4.69) is 0 Å². The molecule has 8 heteroatoms. The Kier molecular flexibility index (Phi) is 6.26. The van der Waals surface area contributed by atoms with Gasteiger partial charge in [0.2, 0.25) is 0 Å². The zero-order valence-electron chi connectivity index (χ0n) is 15.3. The molecule has 1 amide bonds. The number of ether oxygens (including phenoxy) is 1. The lowest BCUT2D eigenvalue weighted by Gasteiger charge is -2.08. The van der Waals surface area contributed by atoms with Crippen LogP contribution in [0, 0.1) is 17.5 Å². The van der Waals surface area contributed by atoms with E-state index in [0.29, 0.717) is 17.2 Å². The molecule has 0 aliphatic rings. The van der Waals surface area contributed by atoms with Crippen molar-refractivity contribution >= 4 is 23.3 Å². The van der Waals surface area contributed by atoms with Gasteiger partial charge in [0.15, 0.2) is 29.8 Å². The van der Waals surface area contributed by atoms with Crippen LogP contribution in [-0.4, -0.2) is 24.3 Å². The number of rotatable bonds is 6. The number of hydrogen-bond donors (Lipinski definition) is 1. The number of benzene rings is 3. The van der Waals surface area contributed by atoms with Gasteiger partial charge in [0.25, 0.3) is 5.91 Å². The Hall–Kier alpha value is -3.94. The lowest BCUT2D eigenvalue weighted by Crippen LogP contribution is -2.21. The first-order valence-electron chi connectivity index (χ1n) is 8.67. The molecule has 0 aliphatic carbocycles. The summed E-state index contributed by atoms with van der Waals surface area (Å²) >= 11 is 0. The van der Waals surface area contributed by atoms with Crippen molar-refractivity contribution in [3.63, 3.8) is 0 Å². The summed E-state index contributed by atoms with van der Waals surface area (Å²) in [4.78, 5) is 36.2. The van der Waals surface area contributed by atoms with Crippen molar-refractivity contribution in [3.8, 4) is 0 Å². The molecule has 0 heterocycles. The van der Waals surface area contributed by atoms with Crippen LogP contribution in [0.5, 0.6) is 0 Å². The summed E-state index contributed by atoms with van der Waals surface area (Å²) in [6.07, 6.45) is 0. The quantitative estimate of drug-likeness (QED) is 0.375. The zero-order valence-corrected chi connectivity index (χ0v) is 15.3. The summed E-state index contributed by atoms with van der Waals surface area (Å²) in [5, 5.41) is 1.98. The number of anilines is 1. The Labute approximate surface area is 169 Å². The molecule has 0 saturated carbocycles. The van der Waals surface area contributed by atoms with Crippen molar-refractivity contribution in [2.45, 2.75) is 0 Å². The Morgan fingerprint density at radius 2 is 1.33 bits per heavy atom. The average molecular weight is 413 g/mol.